The first-order valence-electron chi connectivity index (χ1n) is 5.70. The maximum atomic E-state index is 12.0. The number of hydrogen-bond donors (Lipinski definition) is 2. The van der Waals surface area contributed by atoms with Crippen molar-refractivity contribution in [2.75, 3.05) is 19.3 Å². The lowest BCUT2D eigenvalue weighted by Gasteiger charge is -2.22. The summed E-state index contributed by atoms with van der Waals surface area (Å²) in [7, 11) is 1.74. The van der Waals surface area contributed by atoms with Crippen LogP contribution in [0.15, 0.2) is 17.5 Å². The molecule has 0 aliphatic rings. The van der Waals surface area contributed by atoms with Crippen molar-refractivity contribution in [3.05, 3.63) is 22.4 Å². The van der Waals surface area contributed by atoms with Gasteiger partial charge in [0.15, 0.2) is 0 Å². The van der Waals surface area contributed by atoms with Gasteiger partial charge in [0.05, 0.1) is 0 Å². The fourth-order valence-corrected chi connectivity index (χ4v) is 2.49. The average molecular weight is 286 g/mol. The molecule has 1 aromatic rings. The molecule has 0 bridgehead atoms. The minimum atomic E-state index is -0.542. The molecular weight excluding hydrogens is 268 g/mol. The van der Waals surface area contributed by atoms with Crippen LogP contribution < -0.4 is 5.32 Å². The predicted molar refractivity (Wildman–Crippen MR) is 77.1 cm³/mol. The van der Waals surface area contributed by atoms with E-state index in [-0.39, 0.29) is 11.8 Å². The van der Waals surface area contributed by atoms with E-state index >= 15 is 0 Å². The van der Waals surface area contributed by atoms with Gasteiger partial charge in [-0.2, -0.15) is 12.6 Å². The molecule has 1 N–H and O–H groups in total. The zero-order chi connectivity index (χ0) is 13.5. The van der Waals surface area contributed by atoms with Crippen molar-refractivity contribution in [3.8, 4) is 0 Å². The first-order valence-corrected chi connectivity index (χ1v) is 7.21. The molecule has 0 fully saturated rings. The normalized spacial score (nSPS) is 11.9. The van der Waals surface area contributed by atoms with E-state index in [0.717, 1.165) is 6.42 Å². The first-order chi connectivity index (χ1) is 8.54. The van der Waals surface area contributed by atoms with Crippen LogP contribution in [-0.4, -0.2) is 42.1 Å². The summed E-state index contributed by atoms with van der Waals surface area (Å²) in [5.41, 5.74) is 0. The Kier molecular flexibility index (Phi) is 6.21. The highest BCUT2D eigenvalue weighted by Crippen LogP contribution is 2.09. The molecule has 0 saturated carbocycles. The molecule has 0 aliphatic heterocycles. The fourth-order valence-electron chi connectivity index (χ4n) is 1.54. The van der Waals surface area contributed by atoms with E-state index in [1.165, 1.54) is 11.8 Å². The van der Waals surface area contributed by atoms with E-state index in [4.69, 9.17) is 0 Å². The molecule has 0 radical (unpaired) electrons. The summed E-state index contributed by atoms with van der Waals surface area (Å²) in [5, 5.41) is 4.62. The van der Waals surface area contributed by atoms with Gasteiger partial charge in [-0.1, -0.05) is 6.07 Å². The topological polar surface area (TPSA) is 49.4 Å². The van der Waals surface area contributed by atoms with Crippen LogP contribution in [-0.2, 0) is 16.0 Å². The quantitative estimate of drug-likeness (QED) is 0.772. The predicted octanol–water partition coefficient (Wildman–Crippen LogP) is 1.18. The van der Waals surface area contributed by atoms with Crippen LogP contribution in [0.4, 0.5) is 0 Å². The molecule has 6 heteroatoms. The van der Waals surface area contributed by atoms with Gasteiger partial charge in [0.2, 0.25) is 11.8 Å². The average Bonchev–Trinajstić information content (AvgIpc) is 2.84. The fraction of sp³-hybridized carbons (Fsp3) is 0.500. The van der Waals surface area contributed by atoms with Crippen LogP contribution in [0.5, 0.6) is 0 Å². The van der Waals surface area contributed by atoms with Crippen molar-refractivity contribution >= 4 is 35.8 Å². The second-order valence-corrected chi connectivity index (χ2v) is 5.42. The van der Waals surface area contributed by atoms with Crippen molar-refractivity contribution in [2.24, 2.45) is 0 Å². The van der Waals surface area contributed by atoms with Gasteiger partial charge >= 0.3 is 0 Å². The second-order valence-electron chi connectivity index (χ2n) is 4.02. The lowest BCUT2D eigenvalue weighted by molar-refractivity contribution is -0.134. The van der Waals surface area contributed by atoms with Crippen LogP contribution in [0.1, 0.15) is 11.8 Å². The van der Waals surface area contributed by atoms with E-state index < -0.39 is 6.04 Å². The third kappa shape index (κ3) is 4.70. The first kappa shape index (κ1) is 15.0. The molecular formula is C12H18N2O2S2. The smallest absolute Gasteiger partial charge is 0.245 e. The molecule has 1 heterocycles. The Morgan fingerprint density at radius 2 is 2.28 bits per heavy atom. The van der Waals surface area contributed by atoms with Gasteiger partial charge in [0.25, 0.3) is 0 Å². The highest BCUT2D eigenvalue weighted by Gasteiger charge is 2.21. The largest absolute Gasteiger partial charge is 0.344 e. The zero-order valence-electron chi connectivity index (χ0n) is 10.5. The molecule has 100 valence electrons. The molecule has 1 aromatic heterocycles. The van der Waals surface area contributed by atoms with Gasteiger partial charge in [-0.3, -0.25) is 9.59 Å². The number of carbonyl (C=O) groups excluding carboxylic acids is 2. The van der Waals surface area contributed by atoms with Crippen LogP contribution in [0.3, 0.4) is 0 Å². The molecule has 0 spiro atoms. The van der Waals surface area contributed by atoms with Gasteiger partial charge in [-0.05, 0) is 17.9 Å². The second kappa shape index (κ2) is 7.43. The van der Waals surface area contributed by atoms with Crippen LogP contribution >= 0.6 is 24.0 Å². The number of amides is 2. The van der Waals surface area contributed by atoms with Gasteiger partial charge in [0.1, 0.15) is 6.04 Å². The highest BCUT2D eigenvalue weighted by atomic mass is 32.1. The van der Waals surface area contributed by atoms with Crippen molar-refractivity contribution in [1.29, 1.82) is 0 Å². The minimum absolute atomic E-state index is 0.100. The molecule has 1 unspecified atom stereocenters. The molecule has 2 amide bonds. The summed E-state index contributed by atoms with van der Waals surface area (Å²) < 4.78 is 0. The summed E-state index contributed by atoms with van der Waals surface area (Å²) in [6, 6.07) is 3.50. The molecule has 0 aliphatic carbocycles. The van der Waals surface area contributed by atoms with E-state index in [0.29, 0.717) is 12.3 Å². The maximum absolute atomic E-state index is 12.0. The molecule has 1 atom stereocenters. The standard InChI is InChI=1S/C12H18N2O2S2/c1-9(15)13-11(8-17)12(16)14(2)6-5-10-4-3-7-18-10/h3-4,7,11,17H,5-6,8H2,1-2H3,(H,13,15). The van der Waals surface area contributed by atoms with Crippen molar-refractivity contribution < 1.29 is 9.59 Å². The number of thiol groups is 1. The Hall–Kier alpha value is -1.01. The van der Waals surface area contributed by atoms with E-state index in [1.807, 2.05) is 17.5 Å². The maximum Gasteiger partial charge on any atom is 0.245 e. The number of nitrogens with one attached hydrogen (secondary N) is 1. The minimum Gasteiger partial charge on any atom is -0.344 e. The van der Waals surface area contributed by atoms with Gasteiger partial charge < -0.3 is 10.2 Å². The number of rotatable bonds is 6. The number of carbonyl (C=O) groups is 2. The lowest BCUT2D eigenvalue weighted by atomic mass is 10.2. The third-order valence-corrected chi connectivity index (χ3v) is 3.81. The summed E-state index contributed by atoms with van der Waals surface area (Å²) in [6.07, 6.45) is 0.833. The SMILES string of the molecule is CC(=O)NC(CS)C(=O)N(C)CCc1cccs1. The molecule has 18 heavy (non-hydrogen) atoms. The highest BCUT2D eigenvalue weighted by molar-refractivity contribution is 7.80. The monoisotopic (exact) mass is 286 g/mol. The van der Waals surface area contributed by atoms with Crippen molar-refractivity contribution in [2.45, 2.75) is 19.4 Å². The molecule has 4 nitrogen and oxygen atoms in total. The number of likely N-dealkylation sites (N-methyl/N-ethyl adjacent to an activating group) is 1. The van der Waals surface area contributed by atoms with E-state index in [2.05, 4.69) is 17.9 Å². The zero-order valence-corrected chi connectivity index (χ0v) is 12.3. The third-order valence-electron chi connectivity index (χ3n) is 2.51. The van der Waals surface area contributed by atoms with Crippen molar-refractivity contribution in [3.63, 3.8) is 0 Å². The van der Waals surface area contributed by atoms with Crippen LogP contribution in [0.2, 0.25) is 0 Å². The Bertz CT molecular complexity index is 393. The molecule has 0 saturated heterocycles. The van der Waals surface area contributed by atoms with Gasteiger partial charge in [-0.15, -0.1) is 11.3 Å². The van der Waals surface area contributed by atoms with E-state index in [1.54, 1.807) is 23.3 Å². The Morgan fingerprint density at radius 1 is 1.56 bits per heavy atom. The molecule has 0 aromatic carbocycles. The van der Waals surface area contributed by atoms with Crippen LogP contribution in [0.25, 0.3) is 0 Å². The number of hydrogen-bond acceptors (Lipinski definition) is 4. The van der Waals surface area contributed by atoms with E-state index in [9.17, 15) is 9.59 Å². The van der Waals surface area contributed by atoms with Crippen LogP contribution in [0, 0.1) is 0 Å². The van der Waals surface area contributed by atoms with Gasteiger partial charge in [-0.25, -0.2) is 0 Å². The molecule has 1 rings (SSSR count). The number of nitrogens with zero attached hydrogens (tertiary/aromatic N) is 1. The summed E-state index contributed by atoms with van der Waals surface area (Å²) in [4.78, 5) is 25.9. The number of thiophene rings is 1. The summed E-state index contributed by atoms with van der Waals surface area (Å²) in [6.45, 7) is 2.04. The Balaban J connectivity index is 2.46. The Morgan fingerprint density at radius 3 is 2.78 bits per heavy atom. The lowest BCUT2D eigenvalue weighted by Crippen LogP contribution is -2.48. The Labute approximate surface area is 117 Å². The summed E-state index contributed by atoms with van der Waals surface area (Å²) in [5.74, 6) is -0.00677. The summed E-state index contributed by atoms with van der Waals surface area (Å²) >= 11 is 5.77. The van der Waals surface area contributed by atoms with Gasteiger partial charge in [0, 0.05) is 31.1 Å². The van der Waals surface area contributed by atoms with Crippen molar-refractivity contribution in [1.82, 2.24) is 10.2 Å².